The van der Waals surface area contributed by atoms with Gasteiger partial charge in [0.2, 0.25) is 5.91 Å². The standard InChI is InChI=1S/C10H10FNO4/c11-7-2-1-3-8(6(7)5-13)12-9(14)4-10(15)16/h1-3,13H,4-5H2,(H,12,14)(H,15,16). The number of carbonyl (C=O) groups is 2. The summed E-state index contributed by atoms with van der Waals surface area (Å²) in [6.45, 7) is -0.574. The number of amides is 1. The van der Waals surface area contributed by atoms with Gasteiger partial charge in [0, 0.05) is 11.3 Å². The average Bonchev–Trinajstić information content (AvgIpc) is 2.16. The summed E-state index contributed by atoms with van der Waals surface area (Å²) in [5.74, 6) is -2.71. The van der Waals surface area contributed by atoms with Crippen LogP contribution in [-0.2, 0) is 16.2 Å². The molecular weight excluding hydrogens is 217 g/mol. The van der Waals surface area contributed by atoms with E-state index >= 15 is 0 Å². The highest BCUT2D eigenvalue weighted by Gasteiger charge is 2.12. The maximum Gasteiger partial charge on any atom is 0.312 e. The number of halogens is 1. The van der Waals surface area contributed by atoms with Crippen molar-refractivity contribution in [2.45, 2.75) is 13.0 Å². The summed E-state index contributed by atoms with van der Waals surface area (Å²) in [6, 6.07) is 3.87. The van der Waals surface area contributed by atoms with Crippen molar-refractivity contribution < 1.29 is 24.2 Å². The minimum Gasteiger partial charge on any atom is -0.481 e. The van der Waals surface area contributed by atoms with Gasteiger partial charge in [0.05, 0.1) is 6.61 Å². The van der Waals surface area contributed by atoms with Gasteiger partial charge in [-0.2, -0.15) is 0 Å². The third-order valence-electron chi connectivity index (χ3n) is 1.86. The lowest BCUT2D eigenvalue weighted by Gasteiger charge is -2.09. The smallest absolute Gasteiger partial charge is 0.312 e. The number of anilines is 1. The Labute approximate surface area is 90.5 Å². The van der Waals surface area contributed by atoms with Crippen molar-refractivity contribution in [2.24, 2.45) is 0 Å². The first kappa shape index (κ1) is 12.1. The Morgan fingerprint density at radius 1 is 1.38 bits per heavy atom. The van der Waals surface area contributed by atoms with Gasteiger partial charge < -0.3 is 15.5 Å². The second-order valence-corrected chi connectivity index (χ2v) is 3.04. The average molecular weight is 227 g/mol. The van der Waals surface area contributed by atoms with Crippen molar-refractivity contribution in [1.29, 1.82) is 0 Å². The SMILES string of the molecule is O=C(O)CC(=O)Nc1cccc(F)c1CO. The van der Waals surface area contributed by atoms with E-state index in [0.29, 0.717) is 0 Å². The van der Waals surface area contributed by atoms with Crippen molar-refractivity contribution >= 4 is 17.6 Å². The monoisotopic (exact) mass is 227 g/mol. The van der Waals surface area contributed by atoms with Gasteiger partial charge in [-0.15, -0.1) is 0 Å². The summed E-state index contributed by atoms with van der Waals surface area (Å²) < 4.78 is 13.1. The van der Waals surface area contributed by atoms with Crippen LogP contribution in [0.1, 0.15) is 12.0 Å². The van der Waals surface area contributed by atoms with Crippen molar-refractivity contribution in [2.75, 3.05) is 5.32 Å². The fourth-order valence-electron chi connectivity index (χ4n) is 1.17. The van der Waals surface area contributed by atoms with Gasteiger partial charge >= 0.3 is 5.97 Å². The molecule has 0 radical (unpaired) electrons. The highest BCUT2D eigenvalue weighted by molar-refractivity contribution is 6.01. The Morgan fingerprint density at radius 3 is 2.62 bits per heavy atom. The first-order valence-corrected chi connectivity index (χ1v) is 4.44. The van der Waals surface area contributed by atoms with Gasteiger partial charge in [0.25, 0.3) is 0 Å². The van der Waals surface area contributed by atoms with E-state index in [1.165, 1.54) is 12.1 Å². The lowest BCUT2D eigenvalue weighted by atomic mass is 10.1. The van der Waals surface area contributed by atoms with Crippen LogP contribution in [0.15, 0.2) is 18.2 Å². The molecule has 86 valence electrons. The molecule has 0 aromatic heterocycles. The molecule has 5 nitrogen and oxygen atoms in total. The van der Waals surface area contributed by atoms with Crippen LogP contribution in [0.3, 0.4) is 0 Å². The van der Waals surface area contributed by atoms with Gasteiger partial charge in [-0.05, 0) is 12.1 Å². The summed E-state index contributed by atoms with van der Waals surface area (Å²) in [5, 5.41) is 19.5. The molecule has 0 atom stereocenters. The number of carboxylic acid groups (broad SMARTS) is 1. The van der Waals surface area contributed by atoms with Gasteiger partial charge in [0.15, 0.2) is 0 Å². The van der Waals surface area contributed by atoms with Crippen LogP contribution < -0.4 is 5.32 Å². The first-order valence-electron chi connectivity index (χ1n) is 4.44. The molecule has 3 N–H and O–H groups in total. The Morgan fingerprint density at radius 2 is 2.06 bits per heavy atom. The second kappa shape index (κ2) is 5.22. The number of nitrogens with one attached hydrogen (secondary N) is 1. The molecule has 16 heavy (non-hydrogen) atoms. The predicted octanol–water partition coefficient (Wildman–Crippen LogP) is 0.731. The number of rotatable bonds is 4. The van der Waals surface area contributed by atoms with Crippen LogP contribution in [0.4, 0.5) is 10.1 Å². The van der Waals surface area contributed by atoms with Crippen molar-refractivity contribution in [3.8, 4) is 0 Å². The molecule has 0 aliphatic rings. The molecule has 0 bridgehead atoms. The molecule has 6 heteroatoms. The van der Waals surface area contributed by atoms with Gasteiger partial charge in [-0.25, -0.2) is 4.39 Å². The number of hydrogen-bond acceptors (Lipinski definition) is 3. The molecule has 1 aromatic rings. The molecule has 0 saturated heterocycles. The van der Waals surface area contributed by atoms with Crippen LogP contribution in [-0.4, -0.2) is 22.1 Å². The summed E-state index contributed by atoms with van der Waals surface area (Å²) in [6.07, 6.45) is -0.707. The fourth-order valence-corrected chi connectivity index (χ4v) is 1.17. The van der Waals surface area contributed by atoms with Crippen LogP contribution in [0, 0.1) is 5.82 Å². The van der Waals surface area contributed by atoms with Crippen molar-refractivity contribution in [3.63, 3.8) is 0 Å². The number of carboxylic acids is 1. The molecular formula is C10H10FNO4. The maximum absolute atomic E-state index is 13.1. The highest BCUT2D eigenvalue weighted by atomic mass is 19.1. The molecule has 1 rings (SSSR count). The third-order valence-corrected chi connectivity index (χ3v) is 1.86. The number of hydrogen-bond donors (Lipinski definition) is 3. The minimum atomic E-state index is -1.28. The minimum absolute atomic E-state index is 0.0683. The molecule has 1 aromatic carbocycles. The second-order valence-electron chi connectivity index (χ2n) is 3.04. The van der Waals surface area contributed by atoms with E-state index in [2.05, 4.69) is 5.32 Å². The molecule has 0 fully saturated rings. The van der Waals surface area contributed by atoms with E-state index in [4.69, 9.17) is 10.2 Å². The van der Waals surface area contributed by atoms with Gasteiger partial charge in [0.1, 0.15) is 12.2 Å². The quantitative estimate of drug-likeness (QED) is 0.662. The fraction of sp³-hybridized carbons (Fsp3) is 0.200. The molecule has 0 unspecified atom stereocenters. The number of carbonyl (C=O) groups excluding carboxylic acids is 1. The zero-order valence-corrected chi connectivity index (χ0v) is 8.24. The number of aliphatic hydroxyl groups is 1. The number of aliphatic carboxylic acids is 1. The Kier molecular flexibility index (Phi) is 3.96. The molecule has 0 spiro atoms. The van der Waals surface area contributed by atoms with Crippen molar-refractivity contribution in [1.82, 2.24) is 0 Å². The normalized spacial score (nSPS) is 9.88. The Hall–Kier alpha value is -1.95. The predicted molar refractivity (Wildman–Crippen MR) is 53.2 cm³/mol. The summed E-state index contributed by atoms with van der Waals surface area (Å²) in [5.41, 5.74) is 0.00925. The molecule has 0 saturated carbocycles. The van der Waals surface area contributed by atoms with Gasteiger partial charge in [-0.3, -0.25) is 9.59 Å². The van der Waals surface area contributed by atoms with Crippen LogP contribution in [0.2, 0.25) is 0 Å². The van der Waals surface area contributed by atoms with E-state index in [9.17, 15) is 14.0 Å². The Balaban J connectivity index is 2.84. The van der Waals surface area contributed by atoms with Crippen LogP contribution >= 0.6 is 0 Å². The van der Waals surface area contributed by atoms with E-state index in [0.717, 1.165) is 6.07 Å². The first-order chi connectivity index (χ1) is 7.54. The lowest BCUT2D eigenvalue weighted by Crippen LogP contribution is -2.17. The number of aliphatic hydroxyl groups excluding tert-OH is 1. The van der Waals surface area contributed by atoms with Crippen molar-refractivity contribution in [3.05, 3.63) is 29.6 Å². The maximum atomic E-state index is 13.1. The summed E-state index contributed by atoms with van der Waals surface area (Å²) in [7, 11) is 0. The van der Waals surface area contributed by atoms with Gasteiger partial charge in [-0.1, -0.05) is 6.07 Å². The molecule has 0 aliphatic carbocycles. The van der Waals surface area contributed by atoms with Crippen LogP contribution in [0.5, 0.6) is 0 Å². The Bertz CT molecular complexity index is 419. The van der Waals surface area contributed by atoms with E-state index in [1.54, 1.807) is 0 Å². The summed E-state index contributed by atoms with van der Waals surface area (Å²) >= 11 is 0. The zero-order chi connectivity index (χ0) is 12.1. The largest absolute Gasteiger partial charge is 0.481 e. The topological polar surface area (TPSA) is 86.6 Å². The summed E-state index contributed by atoms with van der Waals surface area (Å²) in [4.78, 5) is 21.3. The molecule has 0 aliphatic heterocycles. The number of benzene rings is 1. The lowest BCUT2D eigenvalue weighted by molar-refractivity contribution is -0.139. The third kappa shape index (κ3) is 3.03. The van der Waals surface area contributed by atoms with Crippen LogP contribution in [0.25, 0.3) is 0 Å². The van der Waals surface area contributed by atoms with E-state index in [1.807, 2.05) is 0 Å². The van der Waals surface area contributed by atoms with E-state index < -0.39 is 30.7 Å². The molecule has 0 heterocycles. The zero-order valence-electron chi connectivity index (χ0n) is 8.24. The molecule has 1 amide bonds. The van der Waals surface area contributed by atoms with E-state index in [-0.39, 0.29) is 11.3 Å². The highest BCUT2D eigenvalue weighted by Crippen LogP contribution is 2.18.